The normalized spacial score (nSPS) is 15.6. The Hall–Kier alpha value is -4.43. The quantitative estimate of drug-likeness (QED) is 0.160. The van der Waals surface area contributed by atoms with Crippen molar-refractivity contribution < 1.29 is 24.1 Å². The van der Waals surface area contributed by atoms with Gasteiger partial charge in [-0.25, -0.2) is 9.48 Å². The molecule has 0 fully saturated rings. The van der Waals surface area contributed by atoms with Crippen LogP contribution in [-0.4, -0.2) is 38.3 Å². The van der Waals surface area contributed by atoms with Crippen molar-refractivity contribution in [1.82, 2.24) is 15.0 Å². The van der Waals surface area contributed by atoms with E-state index in [1.807, 2.05) is 72.8 Å². The van der Waals surface area contributed by atoms with Crippen LogP contribution in [0.2, 0.25) is 0 Å². The summed E-state index contributed by atoms with van der Waals surface area (Å²) in [4.78, 5) is 12.9. The number of cyclic esters (lactones) is 1. The molecule has 1 aliphatic heterocycles. The zero-order chi connectivity index (χ0) is 28.4. The first-order valence-electron chi connectivity index (χ1n) is 14.1. The fourth-order valence-corrected chi connectivity index (χ4v) is 4.68. The van der Waals surface area contributed by atoms with Gasteiger partial charge in [-0.05, 0) is 29.5 Å². The molecule has 8 nitrogen and oxygen atoms in total. The smallest absolute Gasteiger partial charge is 0.378 e. The van der Waals surface area contributed by atoms with Gasteiger partial charge in [-0.3, -0.25) is 0 Å². The Morgan fingerprint density at radius 2 is 1.54 bits per heavy atom. The molecule has 0 radical (unpaired) electrons. The number of rotatable bonds is 14. The highest BCUT2D eigenvalue weighted by Crippen LogP contribution is 2.30. The lowest BCUT2D eigenvalue weighted by molar-refractivity contribution is -0.148. The second-order valence-corrected chi connectivity index (χ2v) is 10.1. The van der Waals surface area contributed by atoms with Gasteiger partial charge in [0.2, 0.25) is 5.76 Å². The minimum atomic E-state index is -1.14. The summed E-state index contributed by atoms with van der Waals surface area (Å²) >= 11 is 0. The van der Waals surface area contributed by atoms with Crippen LogP contribution in [0.4, 0.5) is 0 Å². The van der Waals surface area contributed by atoms with Gasteiger partial charge >= 0.3 is 5.97 Å². The van der Waals surface area contributed by atoms with Crippen LogP contribution < -0.4 is 0 Å². The Bertz CT molecular complexity index is 1430. The zero-order valence-electron chi connectivity index (χ0n) is 23.2. The first-order valence-corrected chi connectivity index (χ1v) is 14.1. The standard InChI is InChI=1S/C33H35N3O5/c1-2-3-6-11-24-16-18-27(19-17-24)28-20-36(35-34-28)21-29(37)30-31(39-22-25-12-7-4-8-13-25)32(33(38)41-30)40-23-26-14-9-5-10-15-26/h4-5,7-10,12-20,29-30,37H,2-3,6,11,21-23H2,1H3/t29-,30+/m0/s1. The average Bonchev–Trinajstić information content (AvgIpc) is 3.60. The number of benzene rings is 3. The second kappa shape index (κ2) is 13.8. The molecule has 0 bridgehead atoms. The molecule has 1 aromatic heterocycles. The van der Waals surface area contributed by atoms with Gasteiger partial charge in [0.15, 0.2) is 11.9 Å². The van der Waals surface area contributed by atoms with Crippen LogP contribution in [0.3, 0.4) is 0 Å². The largest absolute Gasteiger partial charge is 0.485 e. The van der Waals surface area contributed by atoms with Crippen LogP contribution >= 0.6 is 0 Å². The van der Waals surface area contributed by atoms with Gasteiger partial charge in [-0.15, -0.1) is 5.10 Å². The molecule has 212 valence electrons. The van der Waals surface area contributed by atoms with Gasteiger partial charge in [-0.2, -0.15) is 0 Å². The van der Waals surface area contributed by atoms with E-state index in [2.05, 4.69) is 29.4 Å². The van der Waals surface area contributed by atoms with E-state index < -0.39 is 18.2 Å². The van der Waals surface area contributed by atoms with Gasteiger partial charge in [0.1, 0.15) is 25.0 Å². The maximum absolute atomic E-state index is 12.9. The molecular formula is C33H35N3O5. The molecular weight excluding hydrogens is 518 g/mol. The summed E-state index contributed by atoms with van der Waals surface area (Å²) in [5.74, 6) is -0.542. The van der Waals surface area contributed by atoms with E-state index in [1.54, 1.807) is 10.9 Å². The number of hydrogen-bond acceptors (Lipinski definition) is 7. The van der Waals surface area contributed by atoms with Crippen molar-refractivity contribution in [2.24, 2.45) is 0 Å². The van der Waals surface area contributed by atoms with Gasteiger partial charge in [0, 0.05) is 5.56 Å². The van der Waals surface area contributed by atoms with E-state index in [0.29, 0.717) is 5.69 Å². The van der Waals surface area contributed by atoms with Gasteiger partial charge in [0.25, 0.3) is 0 Å². The molecule has 1 aliphatic rings. The molecule has 4 aromatic rings. The average molecular weight is 554 g/mol. The summed E-state index contributed by atoms with van der Waals surface area (Å²) in [5.41, 5.74) is 4.74. The van der Waals surface area contributed by atoms with Crippen LogP contribution in [0.15, 0.2) is 103 Å². The summed E-state index contributed by atoms with van der Waals surface area (Å²) in [6, 6.07) is 27.4. The number of ether oxygens (including phenoxy) is 3. The molecule has 5 rings (SSSR count). The summed E-state index contributed by atoms with van der Waals surface area (Å²) in [5, 5.41) is 19.7. The SMILES string of the molecule is CCCCCc1ccc(-c2cn(C[C@H](O)[C@H]3OC(=O)C(OCc4ccccc4)=C3OCc3ccccc3)nn2)cc1. The number of aromatic nitrogens is 3. The lowest BCUT2D eigenvalue weighted by Crippen LogP contribution is -2.33. The highest BCUT2D eigenvalue weighted by Gasteiger charge is 2.42. The van der Waals surface area contributed by atoms with Crippen molar-refractivity contribution in [2.75, 3.05) is 0 Å². The minimum Gasteiger partial charge on any atom is -0.485 e. The highest BCUT2D eigenvalue weighted by molar-refractivity contribution is 5.89. The molecule has 2 heterocycles. The van der Waals surface area contributed by atoms with E-state index in [9.17, 15) is 9.90 Å². The molecule has 0 saturated heterocycles. The van der Waals surface area contributed by atoms with Crippen LogP contribution in [0.5, 0.6) is 0 Å². The maximum Gasteiger partial charge on any atom is 0.378 e. The third kappa shape index (κ3) is 7.41. The molecule has 3 aromatic carbocycles. The third-order valence-electron chi connectivity index (χ3n) is 6.95. The first kappa shape index (κ1) is 28.1. The summed E-state index contributed by atoms with van der Waals surface area (Å²) in [7, 11) is 0. The Morgan fingerprint density at radius 1 is 0.878 bits per heavy atom. The first-order chi connectivity index (χ1) is 20.1. The number of nitrogens with zero attached hydrogens (tertiary/aromatic N) is 3. The van der Waals surface area contributed by atoms with E-state index >= 15 is 0 Å². The molecule has 2 atom stereocenters. The fourth-order valence-electron chi connectivity index (χ4n) is 4.68. The number of hydrogen-bond donors (Lipinski definition) is 1. The van der Waals surface area contributed by atoms with Crippen molar-refractivity contribution in [3.8, 4) is 11.3 Å². The Labute approximate surface area is 240 Å². The second-order valence-electron chi connectivity index (χ2n) is 10.1. The predicted molar refractivity (Wildman–Crippen MR) is 154 cm³/mol. The van der Waals surface area contributed by atoms with Gasteiger partial charge in [0.05, 0.1) is 12.7 Å². The van der Waals surface area contributed by atoms with Crippen molar-refractivity contribution in [1.29, 1.82) is 0 Å². The van der Waals surface area contributed by atoms with E-state index in [-0.39, 0.29) is 31.3 Å². The van der Waals surface area contributed by atoms with Crippen LogP contribution in [0.25, 0.3) is 11.3 Å². The van der Waals surface area contributed by atoms with E-state index in [4.69, 9.17) is 14.2 Å². The van der Waals surface area contributed by atoms with E-state index in [0.717, 1.165) is 23.1 Å². The lowest BCUT2D eigenvalue weighted by Gasteiger charge is -2.20. The monoisotopic (exact) mass is 553 g/mol. The van der Waals surface area contributed by atoms with Crippen molar-refractivity contribution in [2.45, 2.75) is 64.6 Å². The molecule has 1 N–H and O–H groups in total. The van der Waals surface area contributed by atoms with Crippen LogP contribution in [0, 0.1) is 0 Å². The molecule has 0 spiro atoms. The van der Waals surface area contributed by atoms with E-state index in [1.165, 1.54) is 24.8 Å². The number of aliphatic hydroxyl groups excluding tert-OH is 1. The molecule has 0 amide bonds. The molecule has 41 heavy (non-hydrogen) atoms. The number of carbonyl (C=O) groups is 1. The van der Waals surface area contributed by atoms with Gasteiger partial charge < -0.3 is 19.3 Å². The zero-order valence-corrected chi connectivity index (χ0v) is 23.2. The minimum absolute atomic E-state index is 0.0351. The van der Waals surface area contributed by atoms with Crippen molar-refractivity contribution >= 4 is 5.97 Å². The maximum atomic E-state index is 12.9. The number of aliphatic hydroxyl groups is 1. The molecule has 8 heteroatoms. The van der Waals surface area contributed by atoms with Crippen LogP contribution in [-0.2, 0) is 45.2 Å². The Balaban J connectivity index is 1.28. The lowest BCUT2D eigenvalue weighted by atomic mass is 10.0. The Morgan fingerprint density at radius 3 is 2.20 bits per heavy atom. The molecule has 0 aliphatic carbocycles. The molecule has 0 unspecified atom stereocenters. The predicted octanol–water partition coefficient (Wildman–Crippen LogP) is 5.61. The van der Waals surface area contributed by atoms with Crippen molar-refractivity contribution in [3.63, 3.8) is 0 Å². The number of aryl methyl sites for hydroxylation is 1. The van der Waals surface area contributed by atoms with Gasteiger partial charge in [-0.1, -0.05) is 110 Å². The third-order valence-corrected chi connectivity index (χ3v) is 6.95. The van der Waals surface area contributed by atoms with Crippen LogP contribution in [0.1, 0.15) is 42.9 Å². The highest BCUT2D eigenvalue weighted by atomic mass is 16.6. The fraction of sp³-hybridized carbons (Fsp3) is 0.303. The number of unbranched alkanes of at least 4 members (excludes halogenated alkanes) is 2. The van der Waals surface area contributed by atoms with Crippen molar-refractivity contribution in [3.05, 3.63) is 119 Å². The summed E-state index contributed by atoms with van der Waals surface area (Å²) < 4.78 is 19.0. The Kier molecular flexibility index (Phi) is 9.44. The summed E-state index contributed by atoms with van der Waals surface area (Å²) in [6.45, 7) is 2.60. The molecule has 0 saturated carbocycles. The topological polar surface area (TPSA) is 95.7 Å². The number of esters is 1. The summed E-state index contributed by atoms with van der Waals surface area (Å²) in [6.07, 6.45) is 4.25. The number of carbonyl (C=O) groups excluding carboxylic acids is 1.